The largest absolute Gasteiger partial charge is 0.394 e. The molecule has 106 valence electrons. The van der Waals surface area contributed by atoms with Crippen LogP contribution in [0.25, 0.3) is 0 Å². The van der Waals surface area contributed by atoms with E-state index in [4.69, 9.17) is 5.73 Å². The van der Waals surface area contributed by atoms with Gasteiger partial charge in [0.15, 0.2) is 0 Å². The van der Waals surface area contributed by atoms with E-state index >= 15 is 0 Å². The molecule has 0 bridgehead atoms. The molecule has 2 atom stereocenters. The molecule has 2 unspecified atom stereocenters. The monoisotopic (exact) mass is 255 g/mol. The van der Waals surface area contributed by atoms with Crippen LogP contribution in [0.1, 0.15) is 33.1 Å². The molecule has 1 aliphatic carbocycles. The molecule has 18 heavy (non-hydrogen) atoms. The molecule has 0 aromatic heterocycles. The Bertz CT molecular complexity index is 264. The van der Waals surface area contributed by atoms with Gasteiger partial charge in [0.25, 0.3) is 0 Å². The number of nitrogens with two attached hydrogens (primary N) is 1. The van der Waals surface area contributed by atoms with Crippen LogP contribution < -0.4 is 5.73 Å². The Hall–Kier alpha value is -0.160. The van der Waals surface area contributed by atoms with Crippen LogP contribution in [0.2, 0.25) is 0 Å². The second kappa shape index (κ2) is 5.87. The average Bonchev–Trinajstić information content (AvgIpc) is 2.73. The zero-order valence-corrected chi connectivity index (χ0v) is 11.9. The van der Waals surface area contributed by atoms with Crippen molar-refractivity contribution in [2.24, 2.45) is 11.7 Å². The third-order valence-corrected chi connectivity index (χ3v) is 4.48. The molecule has 1 saturated carbocycles. The third-order valence-electron chi connectivity index (χ3n) is 4.48. The van der Waals surface area contributed by atoms with Crippen molar-refractivity contribution in [3.05, 3.63) is 0 Å². The highest BCUT2D eigenvalue weighted by Gasteiger charge is 2.38. The van der Waals surface area contributed by atoms with E-state index in [1.165, 1.54) is 32.7 Å². The fourth-order valence-corrected chi connectivity index (χ4v) is 3.41. The summed E-state index contributed by atoms with van der Waals surface area (Å²) in [7, 11) is 0. The highest BCUT2D eigenvalue weighted by Crippen LogP contribution is 2.31. The van der Waals surface area contributed by atoms with Crippen LogP contribution in [0.4, 0.5) is 0 Å². The first-order chi connectivity index (χ1) is 8.52. The number of piperazine rings is 1. The minimum Gasteiger partial charge on any atom is -0.394 e. The van der Waals surface area contributed by atoms with Gasteiger partial charge in [-0.25, -0.2) is 0 Å². The third kappa shape index (κ3) is 3.44. The lowest BCUT2D eigenvalue weighted by Crippen LogP contribution is -2.51. The van der Waals surface area contributed by atoms with Crippen LogP contribution in [0.3, 0.4) is 0 Å². The van der Waals surface area contributed by atoms with Gasteiger partial charge in [0.05, 0.1) is 6.61 Å². The quantitative estimate of drug-likeness (QED) is 0.768. The molecule has 2 aliphatic rings. The second-order valence-corrected chi connectivity index (χ2v) is 6.65. The van der Waals surface area contributed by atoms with Crippen molar-refractivity contribution in [1.29, 1.82) is 0 Å². The molecule has 2 rings (SSSR count). The molecule has 3 N–H and O–H groups in total. The number of hydrogen-bond acceptors (Lipinski definition) is 4. The number of aliphatic hydroxyl groups is 1. The Morgan fingerprint density at radius 1 is 1.28 bits per heavy atom. The van der Waals surface area contributed by atoms with E-state index < -0.39 is 0 Å². The summed E-state index contributed by atoms with van der Waals surface area (Å²) in [5.74, 6) is 0.758. The molecule has 1 heterocycles. The molecule has 0 radical (unpaired) electrons. The molecule has 4 nitrogen and oxygen atoms in total. The topological polar surface area (TPSA) is 52.7 Å². The van der Waals surface area contributed by atoms with Crippen LogP contribution in [0, 0.1) is 5.92 Å². The van der Waals surface area contributed by atoms with Gasteiger partial charge >= 0.3 is 0 Å². The van der Waals surface area contributed by atoms with Crippen molar-refractivity contribution in [2.75, 3.05) is 39.3 Å². The summed E-state index contributed by atoms with van der Waals surface area (Å²) in [6, 6.07) is 0.600. The van der Waals surface area contributed by atoms with Crippen molar-refractivity contribution in [3.8, 4) is 0 Å². The summed E-state index contributed by atoms with van der Waals surface area (Å²) in [5.41, 5.74) is 5.86. The van der Waals surface area contributed by atoms with Gasteiger partial charge in [0.1, 0.15) is 0 Å². The van der Waals surface area contributed by atoms with Gasteiger partial charge in [0.2, 0.25) is 0 Å². The Morgan fingerprint density at radius 2 is 1.94 bits per heavy atom. The van der Waals surface area contributed by atoms with E-state index in [1.54, 1.807) is 0 Å². The maximum Gasteiger partial charge on any atom is 0.0611 e. The highest BCUT2D eigenvalue weighted by molar-refractivity contribution is 4.97. The van der Waals surface area contributed by atoms with Crippen molar-refractivity contribution < 1.29 is 5.11 Å². The van der Waals surface area contributed by atoms with Crippen molar-refractivity contribution in [2.45, 2.75) is 44.7 Å². The lowest BCUT2D eigenvalue weighted by Gasteiger charge is -2.39. The maximum atomic E-state index is 9.33. The van der Waals surface area contributed by atoms with E-state index in [9.17, 15) is 5.11 Å². The summed E-state index contributed by atoms with van der Waals surface area (Å²) in [4.78, 5) is 5.15. The van der Waals surface area contributed by atoms with E-state index in [1.807, 2.05) is 0 Å². The van der Waals surface area contributed by atoms with Gasteiger partial charge in [0, 0.05) is 44.3 Å². The van der Waals surface area contributed by atoms with E-state index in [0.717, 1.165) is 25.2 Å². The lowest BCUT2D eigenvalue weighted by atomic mass is 10.00. The zero-order valence-electron chi connectivity index (χ0n) is 11.9. The van der Waals surface area contributed by atoms with Crippen molar-refractivity contribution in [3.63, 3.8) is 0 Å². The molecule has 2 fully saturated rings. The Balaban J connectivity index is 1.77. The van der Waals surface area contributed by atoms with Crippen LogP contribution >= 0.6 is 0 Å². The average molecular weight is 255 g/mol. The minimum absolute atomic E-state index is 0.136. The molecule has 1 saturated heterocycles. The van der Waals surface area contributed by atoms with E-state index in [0.29, 0.717) is 6.04 Å². The lowest BCUT2D eigenvalue weighted by molar-refractivity contribution is 0.0857. The Labute approximate surface area is 111 Å². The summed E-state index contributed by atoms with van der Waals surface area (Å²) < 4.78 is 0. The van der Waals surface area contributed by atoms with Crippen molar-refractivity contribution in [1.82, 2.24) is 9.80 Å². The van der Waals surface area contributed by atoms with Gasteiger partial charge in [-0.05, 0) is 25.2 Å². The van der Waals surface area contributed by atoms with Crippen molar-refractivity contribution >= 4 is 0 Å². The predicted octanol–water partition coefficient (Wildman–Crippen LogP) is 0.502. The second-order valence-electron chi connectivity index (χ2n) is 6.65. The number of nitrogens with zero attached hydrogens (tertiary/aromatic N) is 2. The Morgan fingerprint density at radius 3 is 2.44 bits per heavy atom. The highest BCUT2D eigenvalue weighted by atomic mass is 16.3. The van der Waals surface area contributed by atoms with Gasteiger partial charge in [-0.2, -0.15) is 0 Å². The summed E-state index contributed by atoms with van der Waals surface area (Å²) in [5, 5.41) is 9.33. The predicted molar refractivity (Wildman–Crippen MR) is 74.5 cm³/mol. The minimum atomic E-state index is -0.306. The fourth-order valence-electron chi connectivity index (χ4n) is 3.41. The van der Waals surface area contributed by atoms with Crippen LogP contribution in [-0.2, 0) is 0 Å². The first-order valence-electron chi connectivity index (χ1n) is 7.38. The van der Waals surface area contributed by atoms with Crippen LogP contribution in [0.5, 0.6) is 0 Å². The number of aliphatic hydroxyl groups excluding tert-OH is 1. The van der Waals surface area contributed by atoms with Gasteiger partial charge in [-0.1, -0.05) is 13.8 Å². The molecule has 0 spiro atoms. The maximum absolute atomic E-state index is 9.33. The number of rotatable bonds is 4. The summed E-state index contributed by atoms with van der Waals surface area (Å²) >= 11 is 0. The first-order valence-corrected chi connectivity index (χ1v) is 7.38. The zero-order chi connectivity index (χ0) is 13.2. The van der Waals surface area contributed by atoms with Gasteiger partial charge < -0.3 is 15.7 Å². The normalized spacial score (nSPS) is 35.5. The SMILES string of the molecule is CC(C)CN1CCN(C2CCC(N)(CO)C2)CC1. The molecular weight excluding hydrogens is 226 g/mol. The van der Waals surface area contributed by atoms with E-state index in [-0.39, 0.29) is 12.1 Å². The molecular formula is C14H29N3O. The van der Waals surface area contributed by atoms with E-state index in [2.05, 4.69) is 23.6 Å². The summed E-state index contributed by atoms with van der Waals surface area (Å²) in [6.07, 6.45) is 3.09. The smallest absolute Gasteiger partial charge is 0.0611 e. The molecule has 4 heteroatoms. The summed E-state index contributed by atoms with van der Waals surface area (Å²) in [6.45, 7) is 10.6. The van der Waals surface area contributed by atoms with Gasteiger partial charge in [-0.15, -0.1) is 0 Å². The van der Waals surface area contributed by atoms with Gasteiger partial charge in [-0.3, -0.25) is 4.90 Å². The van der Waals surface area contributed by atoms with Crippen LogP contribution in [-0.4, -0.2) is 65.8 Å². The molecule has 0 aromatic rings. The van der Waals surface area contributed by atoms with Crippen LogP contribution in [0.15, 0.2) is 0 Å². The Kier molecular flexibility index (Phi) is 4.64. The number of hydrogen-bond donors (Lipinski definition) is 2. The first kappa shape index (κ1) is 14.3. The molecule has 0 aromatic carbocycles. The molecule has 0 amide bonds. The molecule has 1 aliphatic heterocycles. The standard InChI is InChI=1S/C14H29N3O/c1-12(2)10-16-5-7-17(8-6-16)13-3-4-14(15,9-13)11-18/h12-13,18H,3-11,15H2,1-2H3. The fraction of sp³-hybridized carbons (Fsp3) is 1.00.